The highest BCUT2D eigenvalue weighted by Crippen LogP contribution is 2.48. The van der Waals surface area contributed by atoms with Gasteiger partial charge in [0, 0.05) is 0 Å². The maximum Gasteiger partial charge on any atom is 0.404 e. The molecule has 0 N–H and O–H groups in total. The summed E-state index contributed by atoms with van der Waals surface area (Å²) in [4.78, 5) is 11.3. The minimum atomic E-state index is -4.69. The number of fused-ring (bicyclic) bond motifs is 3. The maximum absolute atomic E-state index is 12.7. The molecule has 18 heavy (non-hydrogen) atoms. The summed E-state index contributed by atoms with van der Waals surface area (Å²) in [5.41, 5.74) is 0. The van der Waals surface area contributed by atoms with E-state index in [1.165, 1.54) is 0 Å². The van der Waals surface area contributed by atoms with Crippen LogP contribution >= 0.6 is 0 Å². The van der Waals surface area contributed by atoms with E-state index in [-0.39, 0.29) is 0 Å². The Morgan fingerprint density at radius 1 is 1.11 bits per heavy atom. The van der Waals surface area contributed by atoms with Crippen LogP contribution in [0.25, 0.3) is 0 Å². The van der Waals surface area contributed by atoms with Crippen LogP contribution in [0.1, 0.15) is 13.8 Å². The van der Waals surface area contributed by atoms with Gasteiger partial charge in [0.25, 0.3) is 0 Å². The molecule has 0 unspecified atom stereocenters. The summed E-state index contributed by atoms with van der Waals surface area (Å²) in [6.45, 7) is 3.23. The summed E-state index contributed by atoms with van der Waals surface area (Å²) in [7, 11) is 0. The first-order chi connectivity index (χ1) is 8.19. The number of hydrogen-bond donors (Lipinski definition) is 0. The molecule has 5 atom stereocenters. The van der Waals surface area contributed by atoms with Crippen LogP contribution < -0.4 is 0 Å². The second kappa shape index (κ2) is 3.37. The molecule has 0 aromatic rings. The Kier molecular flexibility index (Phi) is 2.28. The molecule has 0 spiro atoms. The SMILES string of the molecule is CC1(C)O[C@H]2O[C@H]3[C@H](OC(=O)[C@H]3C(F)(F)F)[C@H]2O1. The molecule has 5 nitrogen and oxygen atoms in total. The van der Waals surface area contributed by atoms with E-state index >= 15 is 0 Å². The normalized spacial score (nSPS) is 45.8. The van der Waals surface area contributed by atoms with Crippen molar-refractivity contribution in [2.24, 2.45) is 5.92 Å². The molecule has 0 saturated carbocycles. The zero-order valence-corrected chi connectivity index (χ0v) is 9.56. The van der Waals surface area contributed by atoms with Crippen molar-refractivity contribution in [1.82, 2.24) is 0 Å². The lowest BCUT2D eigenvalue weighted by molar-refractivity contribution is -0.235. The van der Waals surface area contributed by atoms with Gasteiger partial charge in [-0.15, -0.1) is 0 Å². The standard InChI is InChI=1S/C10H11F3O5/c1-9(2)17-6-5-4(16-8(6)18-9)3(7(14)15-5)10(11,12)13/h3-6,8H,1-2H3/t3-,4+,5-,6+,8+/m0/s1. The van der Waals surface area contributed by atoms with Crippen LogP contribution in [0.15, 0.2) is 0 Å². The van der Waals surface area contributed by atoms with Gasteiger partial charge in [0.1, 0.15) is 6.10 Å². The van der Waals surface area contributed by atoms with Gasteiger partial charge in [0.15, 0.2) is 30.2 Å². The van der Waals surface area contributed by atoms with E-state index < -0.39 is 48.5 Å². The lowest BCUT2D eigenvalue weighted by Gasteiger charge is -2.22. The quantitative estimate of drug-likeness (QED) is 0.613. The Morgan fingerprint density at radius 3 is 2.39 bits per heavy atom. The molecule has 3 aliphatic heterocycles. The molecular formula is C10H11F3O5. The predicted molar refractivity (Wildman–Crippen MR) is 48.1 cm³/mol. The first kappa shape index (κ1) is 12.2. The number of carbonyl (C=O) groups is 1. The number of carbonyl (C=O) groups excluding carboxylic acids is 1. The molecule has 0 bridgehead atoms. The molecule has 3 saturated heterocycles. The van der Waals surface area contributed by atoms with Crippen LogP contribution in [0.3, 0.4) is 0 Å². The van der Waals surface area contributed by atoms with Crippen molar-refractivity contribution in [1.29, 1.82) is 0 Å². The Morgan fingerprint density at radius 2 is 1.78 bits per heavy atom. The first-order valence-electron chi connectivity index (χ1n) is 5.47. The predicted octanol–water partition coefficient (Wildman–Crippen LogP) is 0.967. The van der Waals surface area contributed by atoms with E-state index in [9.17, 15) is 18.0 Å². The summed E-state index contributed by atoms with van der Waals surface area (Å²) < 4.78 is 58.7. The molecule has 3 aliphatic rings. The van der Waals surface area contributed by atoms with Crippen molar-refractivity contribution in [2.75, 3.05) is 0 Å². The van der Waals surface area contributed by atoms with Crippen molar-refractivity contribution < 1.29 is 36.9 Å². The molecular weight excluding hydrogens is 257 g/mol. The molecule has 3 fully saturated rings. The summed E-state index contributed by atoms with van der Waals surface area (Å²) in [6.07, 6.45) is -8.86. The van der Waals surface area contributed by atoms with E-state index in [4.69, 9.17) is 18.9 Å². The number of halogens is 3. The smallest absolute Gasteiger partial charge is 0.404 e. The molecule has 102 valence electrons. The minimum Gasteiger partial charge on any atom is -0.456 e. The van der Waals surface area contributed by atoms with Crippen LogP contribution in [0.5, 0.6) is 0 Å². The second-order valence-corrected chi connectivity index (χ2v) is 4.99. The van der Waals surface area contributed by atoms with Crippen molar-refractivity contribution >= 4 is 5.97 Å². The Bertz CT molecular complexity index is 393. The lowest BCUT2D eigenvalue weighted by Crippen LogP contribution is -2.39. The highest BCUT2D eigenvalue weighted by molar-refractivity contribution is 5.77. The number of ether oxygens (including phenoxy) is 4. The topological polar surface area (TPSA) is 54.0 Å². The molecule has 0 amide bonds. The molecule has 3 heterocycles. The van der Waals surface area contributed by atoms with Gasteiger partial charge < -0.3 is 18.9 Å². The van der Waals surface area contributed by atoms with E-state index in [0.29, 0.717) is 0 Å². The van der Waals surface area contributed by atoms with Crippen LogP contribution in [-0.4, -0.2) is 42.5 Å². The van der Waals surface area contributed by atoms with Gasteiger partial charge in [-0.2, -0.15) is 13.2 Å². The van der Waals surface area contributed by atoms with E-state index in [1.807, 2.05) is 0 Å². The highest BCUT2D eigenvalue weighted by atomic mass is 19.4. The third kappa shape index (κ3) is 1.63. The van der Waals surface area contributed by atoms with Gasteiger partial charge in [-0.1, -0.05) is 0 Å². The second-order valence-electron chi connectivity index (χ2n) is 4.99. The van der Waals surface area contributed by atoms with Crippen molar-refractivity contribution in [2.45, 2.75) is 50.4 Å². The van der Waals surface area contributed by atoms with Crippen LogP contribution in [0.2, 0.25) is 0 Å². The highest BCUT2D eigenvalue weighted by Gasteiger charge is 2.68. The van der Waals surface area contributed by atoms with Gasteiger partial charge in [-0.3, -0.25) is 4.79 Å². The molecule has 3 rings (SSSR count). The van der Waals surface area contributed by atoms with Crippen molar-refractivity contribution in [3.8, 4) is 0 Å². The molecule has 0 radical (unpaired) electrons. The van der Waals surface area contributed by atoms with Gasteiger partial charge in [0.2, 0.25) is 0 Å². The van der Waals surface area contributed by atoms with E-state index in [0.717, 1.165) is 0 Å². The van der Waals surface area contributed by atoms with Crippen molar-refractivity contribution in [3.05, 3.63) is 0 Å². The lowest BCUT2D eigenvalue weighted by atomic mass is 10.00. The van der Waals surface area contributed by atoms with Gasteiger partial charge in [-0.05, 0) is 13.8 Å². The fourth-order valence-corrected chi connectivity index (χ4v) is 2.57. The van der Waals surface area contributed by atoms with Crippen molar-refractivity contribution in [3.63, 3.8) is 0 Å². The van der Waals surface area contributed by atoms with Crippen LogP contribution in [-0.2, 0) is 23.7 Å². The van der Waals surface area contributed by atoms with Gasteiger partial charge in [0.05, 0.1) is 0 Å². The fourth-order valence-electron chi connectivity index (χ4n) is 2.57. The average Bonchev–Trinajstić information content (AvgIpc) is 2.70. The number of rotatable bonds is 0. The number of esters is 1. The average molecular weight is 268 g/mol. The van der Waals surface area contributed by atoms with Gasteiger partial charge >= 0.3 is 12.1 Å². The zero-order valence-electron chi connectivity index (χ0n) is 9.56. The number of alkyl halides is 3. The largest absolute Gasteiger partial charge is 0.456 e. The first-order valence-corrected chi connectivity index (χ1v) is 5.47. The molecule has 0 aliphatic carbocycles. The molecule has 0 aromatic heterocycles. The monoisotopic (exact) mass is 268 g/mol. The van der Waals surface area contributed by atoms with E-state index in [1.54, 1.807) is 13.8 Å². The zero-order chi connectivity index (χ0) is 13.3. The number of hydrogen-bond acceptors (Lipinski definition) is 5. The summed E-state index contributed by atoms with van der Waals surface area (Å²) in [6, 6.07) is 0. The summed E-state index contributed by atoms with van der Waals surface area (Å²) in [5, 5.41) is 0. The molecule has 8 heteroatoms. The fraction of sp³-hybridized carbons (Fsp3) is 0.900. The Balaban J connectivity index is 1.84. The van der Waals surface area contributed by atoms with Crippen LogP contribution in [0, 0.1) is 5.92 Å². The minimum absolute atomic E-state index is 0.804. The third-order valence-electron chi connectivity index (χ3n) is 3.21. The maximum atomic E-state index is 12.7. The third-order valence-corrected chi connectivity index (χ3v) is 3.21. The van der Waals surface area contributed by atoms with Gasteiger partial charge in [-0.25, -0.2) is 0 Å². The van der Waals surface area contributed by atoms with Crippen LogP contribution in [0.4, 0.5) is 13.2 Å². The Labute approximate surface area is 100 Å². The van der Waals surface area contributed by atoms with E-state index in [2.05, 4.69) is 0 Å². The molecule has 0 aromatic carbocycles. The summed E-state index contributed by atoms with van der Waals surface area (Å²) >= 11 is 0. The Hall–Kier alpha value is -0.860. The summed E-state index contributed by atoms with van der Waals surface area (Å²) in [5.74, 6) is -4.53.